The lowest BCUT2D eigenvalue weighted by Gasteiger charge is -2.29. The Morgan fingerprint density at radius 3 is 2.05 bits per heavy atom. The van der Waals surface area contributed by atoms with Crippen molar-refractivity contribution in [3.8, 4) is 33.4 Å². The predicted octanol–water partition coefficient (Wildman–Crippen LogP) is 11.6. The number of anilines is 3. The highest BCUT2D eigenvalue weighted by Crippen LogP contribution is 2.51. The maximum atomic E-state index is 3.30. The van der Waals surface area contributed by atoms with Crippen LogP contribution in [0.1, 0.15) is 25.0 Å². The van der Waals surface area contributed by atoms with Crippen molar-refractivity contribution in [1.82, 2.24) is 0 Å². The maximum Gasteiger partial charge on any atom is 0.0540 e. The Hall–Kier alpha value is -5.58. The Morgan fingerprint density at radius 2 is 1.20 bits per heavy atom. The molecule has 44 heavy (non-hydrogen) atoms. The third kappa shape index (κ3) is 4.19. The lowest BCUT2D eigenvalue weighted by atomic mass is 9.82. The van der Waals surface area contributed by atoms with Gasteiger partial charge in [0.15, 0.2) is 0 Å². The molecule has 1 aliphatic carbocycles. The summed E-state index contributed by atoms with van der Waals surface area (Å²) in [5.74, 6) is 0. The summed E-state index contributed by atoms with van der Waals surface area (Å²) in [5, 5.41) is 2.44. The molecule has 0 saturated heterocycles. The smallest absolute Gasteiger partial charge is 0.0540 e. The highest BCUT2D eigenvalue weighted by Gasteiger charge is 2.35. The van der Waals surface area contributed by atoms with Crippen LogP contribution < -0.4 is 4.90 Å². The van der Waals surface area contributed by atoms with E-state index in [0.717, 1.165) is 28.2 Å². The topological polar surface area (TPSA) is 3.24 Å². The highest BCUT2D eigenvalue weighted by atomic mass is 15.1. The molecule has 0 heterocycles. The second kappa shape index (κ2) is 10.3. The first-order valence-corrected chi connectivity index (χ1v) is 15.2. The Morgan fingerprint density at radius 1 is 0.500 bits per heavy atom. The molecule has 0 unspecified atom stereocenters. The van der Waals surface area contributed by atoms with Crippen LogP contribution in [0.4, 0.5) is 17.1 Å². The van der Waals surface area contributed by atoms with Crippen LogP contribution in [0.15, 0.2) is 152 Å². The number of rotatable bonds is 5. The van der Waals surface area contributed by atoms with E-state index in [9.17, 15) is 0 Å². The minimum atomic E-state index is -0.0937. The van der Waals surface area contributed by atoms with Gasteiger partial charge in [0.1, 0.15) is 0 Å². The van der Waals surface area contributed by atoms with E-state index >= 15 is 0 Å². The third-order valence-corrected chi connectivity index (χ3v) is 9.12. The standard InChI is InChI=1S/C43H31N/c1-43(2)40-23-12-11-21-37(40)38-25-24-34(29-41(38)43)44(33-19-13-18-32(28-33)30-14-5-3-6-15-30)42-27-26-35(31-16-7-4-8-17-31)36-20-9-10-22-39(36)42/h3-5,7-14,16-29H,1-2H3. The SMILES string of the molecule is CC1(C)c2ccccc2-c2ccc(N(c3cccc(-c4c#cccc4)c3)c3ccc(-c4ccccc4)c4ccccc34)cc21. The van der Waals surface area contributed by atoms with Gasteiger partial charge in [0, 0.05) is 27.7 Å². The Bertz CT molecular complexity index is 2140. The first kappa shape index (κ1) is 26.1. The fraction of sp³-hybridized carbons (Fsp3) is 0.0698. The molecule has 7 aromatic rings. The molecule has 1 aliphatic rings. The van der Waals surface area contributed by atoms with Crippen LogP contribution in [0.2, 0.25) is 0 Å². The molecule has 0 atom stereocenters. The van der Waals surface area contributed by atoms with E-state index in [4.69, 9.17) is 0 Å². The van der Waals surface area contributed by atoms with E-state index in [0.29, 0.717) is 0 Å². The summed E-state index contributed by atoms with van der Waals surface area (Å²) in [5.41, 5.74) is 13.3. The summed E-state index contributed by atoms with van der Waals surface area (Å²) in [6.07, 6.45) is 0. The molecule has 0 saturated carbocycles. The lowest BCUT2D eigenvalue weighted by molar-refractivity contribution is 0.660. The van der Waals surface area contributed by atoms with Gasteiger partial charge in [0.05, 0.1) is 5.69 Å². The van der Waals surface area contributed by atoms with Crippen molar-refractivity contribution < 1.29 is 0 Å². The van der Waals surface area contributed by atoms with E-state index < -0.39 is 0 Å². The molecule has 8 rings (SSSR count). The van der Waals surface area contributed by atoms with Gasteiger partial charge in [-0.25, -0.2) is 0 Å². The van der Waals surface area contributed by atoms with E-state index in [1.807, 2.05) is 12.1 Å². The van der Waals surface area contributed by atoms with E-state index in [-0.39, 0.29) is 5.41 Å². The number of benzene rings is 6. The molecule has 0 N–H and O–H groups in total. The molecular formula is C43H31N. The molecule has 0 bridgehead atoms. The fourth-order valence-electron chi connectivity index (χ4n) is 6.94. The second-order valence-electron chi connectivity index (χ2n) is 12.0. The summed E-state index contributed by atoms with van der Waals surface area (Å²) in [6.45, 7) is 4.69. The van der Waals surface area contributed by atoms with Crippen molar-refractivity contribution >= 4 is 27.8 Å². The number of fused-ring (bicyclic) bond motifs is 4. The van der Waals surface area contributed by atoms with Crippen LogP contribution in [-0.4, -0.2) is 0 Å². The summed E-state index contributed by atoms with van der Waals surface area (Å²) in [6, 6.07) is 61.1. The van der Waals surface area contributed by atoms with E-state index in [1.54, 1.807) is 0 Å². The van der Waals surface area contributed by atoms with Crippen molar-refractivity contribution in [2.45, 2.75) is 19.3 Å². The molecule has 7 aromatic carbocycles. The van der Waals surface area contributed by atoms with Crippen molar-refractivity contribution in [3.05, 3.63) is 175 Å². The molecule has 0 spiro atoms. The third-order valence-electron chi connectivity index (χ3n) is 9.12. The normalized spacial score (nSPS) is 12.8. The van der Waals surface area contributed by atoms with Crippen LogP contribution in [0.25, 0.3) is 44.2 Å². The summed E-state index contributed by atoms with van der Waals surface area (Å²) >= 11 is 0. The molecule has 0 fully saturated rings. The zero-order valence-corrected chi connectivity index (χ0v) is 24.9. The summed E-state index contributed by atoms with van der Waals surface area (Å²) < 4.78 is 0. The van der Waals surface area contributed by atoms with Gasteiger partial charge in [-0.05, 0) is 86.8 Å². The molecule has 208 valence electrons. The monoisotopic (exact) mass is 561 g/mol. The first-order chi connectivity index (χ1) is 21.6. The van der Waals surface area contributed by atoms with Crippen LogP contribution in [-0.2, 0) is 5.41 Å². The molecule has 0 amide bonds. The number of hydrogen-bond donors (Lipinski definition) is 0. The van der Waals surface area contributed by atoms with Crippen LogP contribution in [0.3, 0.4) is 0 Å². The van der Waals surface area contributed by atoms with Crippen LogP contribution >= 0.6 is 0 Å². The van der Waals surface area contributed by atoms with Crippen molar-refractivity contribution in [1.29, 1.82) is 0 Å². The first-order valence-electron chi connectivity index (χ1n) is 15.2. The van der Waals surface area contributed by atoms with Gasteiger partial charge in [-0.2, -0.15) is 0 Å². The summed E-state index contributed by atoms with van der Waals surface area (Å²) in [4.78, 5) is 2.42. The van der Waals surface area contributed by atoms with Gasteiger partial charge >= 0.3 is 0 Å². The quantitative estimate of drug-likeness (QED) is 0.202. The maximum absolute atomic E-state index is 3.30. The van der Waals surface area contributed by atoms with E-state index in [2.05, 4.69) is 170 Å². The molecular weight excluding hydrogens is 530 g/mol. The second-order valence-corrected chi connectivity index (χ2v) is 12.0. The van der Waals surface area contributed by atoms with Crippen molar-refractivity contribution in [2.75, 3.05) is 4.90 Å². The summed E-state index contributed by atoms with van der Waals surface area (Å²) in [7, 11) is 0. The largest absolute Gasteiger partial charge is 0.310 e. The Kier molecular flexibility index (Phi) is 6.10. The minimum absolute atomic E-state index is 0.0937. The number of hydrogen-bond acceptors (Lipinski definition) is 1. The van der Waals surface area contributed by atoms with Crippen molar-refractivity contribution in [3.63, 3.8) is 0 Å². The van der Waals surface area contributed by atoms with Gasteiger partial charge in [0.2, 0.25) is 0 Å². The minimum Gasteiger partial charge on any atom is -0.310 e. The zero-order chi connectivity index (χ0) is 29.7. The van der Waals surface area contributed by atoms with Crippen LogP contribution in [0.5, 0.6) is 0 Å². The lowest BCUT2D eigenvalue weighted by Crippen LogP contribution is -2.16. The highest BCUT2D eigenvalue weighted by molar-refractivity contribution is 6.06. The molecule has 0 radical (unpaired) electrons. The molecule has 1 heteroatoms. The van der Waals surface area contributed by atoms with Gasteiger partial charge in [0.25, 0.3) is 0 Å². The fourth-order valence-corrected chi connectivity index (χ4v) is 6.94. The van der Waals surface area contributed by atoms with Crippen LogP contribution in [0, 0.1) is 12.1 Å². The Labute approximate surface area is 259 Å². The predicted molar refractivity (Wildman–Crippen MR) is 185 cm³/mol. The molecule has 0 aliphatic heterocycles. The van der Waals surface area contributed by atoms with Crippen molar-refractivity contribution in [2.24, 2.45) is 0 Å². The van der Waals surface area contributed by atoms with Gasteiger partial charge < -0.3 is 4.90 Å². The van der Waals surface area contributed by atoms with Gasteiger partial charge in [-0.3, -0.25) is 0 Å². The molecule has 1 nitrogen and oxygen atoms in total. The average molecular weight is 562 g/mol. The van der Waals surface area contributed by atoms with Gasteiger partial charge in [-0.1, -0.05) is 135 Å². The van der Waals surface area contributed by atoms with Gasteiger partial charge in [-0.15, -0.1) is 0 Å². The Balaban J connectivity index is 1.37. The zero-order valence-electron chi connectivity index (χ0n) is 24.9. The average Bonchev–Trinajstić information content (AvgIpc) is 3.32. The van der Waals surface area contributed by atoms with E-state index in [1.165, 1.54) is 44.2 Å². The number of nitrogens with zero attached hydrogens (tertiary/aromatic N) is 1. The molecule has 0 aromatic heterocycles.